The Labute approximate surface area is 108 Å². The zero-order valence-corrected chi connectivity index (χ0v) is 11.1. The number of halogens is 3. The van der Waals surface area contributed by atoms with Crippen LogP contribution < -0.4 is 11.1 Å². The second-order valence-corrected chi connectivity index (χ2v) is 4.11. The van der Waals surface area contributed by atoms with Crippen molar-refractivity contribution in [1.29, 1.82) is 0 Å². The number of carbonyl (C=O) groups is 1. The van der Waals surface area contributed by atoms with E-state index in [0.717, 1.165) is 0 Å². The van der Waals surface area contributed by atoms with Gasteiger partial charge in [0.1, 0.15) is 5.82 Å². The first-order valence-corrected chi connectivity index (χ1v) is 5.27. The summed E-state index contributed by atoms with van der Waals surface area (Å²) in [5.74, 6) is -0.596. The molecular weight excluding hydrogens is 298 g/mol. The number of rotatable bonds is 3. The topological polar surface area (TPSA) is 55.1 Å². The standard InChI is InChI=1S/C10H12BrFN2O.ClH/c1-6(13)10(15)14-5-7-2-3-8(11)9(12)4-7;/h2-4,6H,5,13H2,1H3,(H,14,15);1H/t6-;/m1./s1. The Balaban J connectivity index is 0.00000225. The van der Waals surface area contributed by atoms with Crippen molar-refractivity contribution in [3.63, 3.8) is 0 Å². The van der Waals surface area contributed by atoms with E-state index in [1.165, 1.54) is 6.07 Å². The molecule has 0 aliphatic carbocycles. The number of nitrogens with two attached hydrogens (primary N) is 1. The van der Waals surface area contributed by atoms with Crippen LogP contribution in [0.25, 0.3) is 0 Å². The normalized spacial score (nSPS) is 11.5. The van der Waals surface area contributed by atoms with E-state index in [9.17, 15) is 9.18 Å². The van der Waals surface area contributed by atoms with Gasteiger partial charge in [-0.2, -0.15) is 0 Å². The number of hydrogen-bond acceptors (Lipinski definition) is 2. The zero-order valence-electron chi connectivity index (χ0n) is 8.67. The molecule has 1 rings (SSSR count). The minimum Gasteiger partial charge on any atom is -0.351 e. The van der Waals surface area contributed by atoms with Gasteiger partial charge in [-0.1, -0.05) is 6.07 Å². The number of amides is 1. The third-order valence-electron chi connectivity index (χ3n) is 1.86. The van der Waals surface area contributed by atoms with Gasteiger partial charge in [-0.05, 0) is 40.5 Å². The average Bonchev–Trinajstić information content (AvgIpc) is 2.19. The van der Waals surface area contributed by atoms with Crippen molar-refractivity contribution in [1.82, 2.24) is 5.32 Å². The molecule has 0 spiro atoms. The predicted molar refractivity (Wildman–Crippen MR) is 66.8 cm³/mol. The summed E-state index contributed by atoms with van der Waals surface area (Å²) < 4.78 is 13.5. The minimum atomic E-state index is -0.551. The summed E-state index contributed by atoms with van der Waals surface area (Å²) in [5.41, 5.74) is 6.06. The van der Waals surface area contributed by atoms with Gasteiger partial charge in [-0.15, -0.1) is 12.4 Å². The molecule has 0 aromatic heterocycles. The third-order valence-corrected chi connectivity index (χ3v) is 2.51. The molecule has 0 saturated carbocycles. The van der Waals surface area contributed by atoms with Gasteiger partial charge in [0.15, 0.2) is 0 Å². The number of hydrogen-bond donors (Lipinski definition) is 2. The Morgan fingerprint density at radius 3 is 2.75 bits per heavy atom. The molecule has 1 atom stereocenters. The van der Waals surface area contributed by atoms with Crippen LogP contribution in [-0.4, -0.2) is 11.9 Å². The molecule has 16 heavy (non-hydrogen) atoms. The first kappa shape index (κ1) is 15.3. The van der Waals surface area contributed by atoms with Crippen molar-refractivity contribution in [2.45, 2.75) is 19.5 Å². The molecule has 0 bridgehead atoms. The van der Waals surface area contributed by atoms with E-state index in [1.807, 2.05) is 0 Å². The van der Waals surface area contributed by atoms with Gasteiger partial charge in [-0.25, -0.2) is 4.39 Å². The lowest BCUT2D eigenvalue weighted by atomic mass is 10.2. The Morgan fingerprint density at radius 2 is 2.25 bits per heavy atom. The number of carbonyl (C=O) groups excluding carboxylic acids is 1. The fourth-order valence-electron chi connectivity index (χ4n) is 1.000. The molecule has 3 N–H and O–H groups in total. The smallest absolute Gasteiger partial charge is 0.236 e. The summed E-state index contributed by atoms with van der Waals surface area (Å²) in [6, 6.07) is 4.15. The monoisotopic (exact) mass is 310 g/mol. The van der Waals surface area contributed by atoms with E-state index in [0.29, 0.717) is 10.0 Å². The maximum absolute atomic E-state index is 13.1. The van der Waals surface area contributed by atoms with Gasteiger partial charge < -0.3 is 11.1 Å². The van der Waals surface area contributed by atoms with Gasteiger partial charge in [0.2, 0.25) is 5.91 Å². The lowest BCUT2D eigenvalue weighted by molar-refractivity contribution is -0.122. The SMILES string of the molecule is C[C@@H](N)C(=O)NCc1ccc(Br)c(F)c1.Cl. The molecule has 0 unspecified atom stereocenters. The van der Waals surface area contributed by atoms with E-state index in [4.69, 9.17) is 5.73 Å². The van der Waals surface area contributed by atoms with E-state index in [2.05, 4.69) is 21.2 Å². The molecule has 0 radical (unpaired) electrons. The maximum atomic E-state index is 13.1. The Hall–Kier alpha value is -0.650. The van der Waals surface area contributed by atoms with Crippen LogP contribution in [0.5, 0.6) is 0 Å². The van der Waals surface area contributed by atoms with Crippen molar-refractivity contribution >= 4 is 34.2 Å². The summed E-state index contributed by atoms with van der Waals surface area (Å²) >= 11 is 3.05. The molecule has 90 valence electrons. The van der Waals surface area contributed by atoms with E-state index in [1.54, 1.807) is 19.1 Å². The van der Waals surface area contributed by atoms with E-state index < -0.39 is 6.04 Å². The van der Waals surface area contributed by atoms with Crippen LogP contribution in [0.1, 0.15) is 12.5 Å². The molecule has 6 heteroatoms. The van der Waals surface area contributed by atoms with Crippen LogP contribution in [0.4, 0.5) is 4.39 Å². The predicted octanol–water partition coefficient (Wildman–Crippen LogP) is 1.97. The summed E-state index contributed by atoms with van der Waals surface area (Å²) in [6.45, 7) is 1.88. The van der Waals surface area contributed by atoms with Gasteiger partial charge in [0.25, 0.3) is 0 Å². The van der Waals surface area contributed by atoms with Crippen molar-refractivity contribution in [2.24, 2.45) is 5.73 Å². The molecule has 0 fully saturated rings. The van der Waals surface area contributed by atoms with Crippen molar-refractivity contribution in [3.05, 3.63) is 34.1 Å². The average molecular weight is 312 g/mol. The van der Waals surface area contributed by atoms with Crippen LogP contribution in [0.3, 0.4) is 0 Å². The van der Waals surface area contributed by atoms with Crippen molar-refractivity contribution in [2.75, 3.05) is 0 Å². The quantitative estimate of drug-likeness (QED) is 0.897. The van der Waals surface area contributed by atoms with Crippen LogP contribution in [0.2, 0.25) is 0 Å². The molecule has 0 saturated heterocycles. The van der Waals surface area contributed by atoms with Gasteiger partial charge >= 0.3 is 0 Å². The summed E-state index contributed by atoms with van der Waals surface area (Å²) in [7, 11) is 0. The van der Waals surface area contributed by atoms with Crippen molar-refractivity contribution in [3.8, 4) is 0 Å². The summed E-state index contributed by atoms with van der Waals surface area (Å²) in [4.78, 5) is 11.1. The largest absolute Gasteiger partial charge is 0.351 e. The fraction of sp³-hybridized carbons (Fsp3) is 0.300. The molecule has 0 aliphatic heterocycles. The van der Waals surface area contributed by atoms with Crippen LogP contribution in [0, 0.1) is 5.82 Å². The maximum Gasteiger partial charge on any atom is 0.236 e. The van der Waals surface area contributed by atoms with Crippen LogP contribution in [0.15, 0.2) is 22.7 Å². The Bertz CT molecular complexity index is 374. The molecular formula is C10H13BrClFN2O. The lowest BCUT2D eigenvalue weighted by Gasteiger charge is -2.07. The number of nitrogens with one attached hydrogen (secondary N) is 1. The second-order valence-electron chi connectivity index (χ2n) is 3.25. The first-order chi connectivity index (χ1) is 7.00. The van der Waals surface area contributed by atoms with Crippen molar-refractivity contribution < 1.29 is 9.18 Å². The highest BCUT2D eigenvalue weighted by atomic mass is 79.9. The molecule has 1 aromatic rings. The highest BCUT2D eigenvalue weighted by Crippen LogP contribution is 2.16. The second kappa shape index (κ2) is 6.83. The molecule has 1 amide bonds. The molecule has 0 heterocycles. The highest BCUT2D eigenvalue weighted by molar-refractivity contribution is 9.10. The van der Waals surface area contributed by atoms with Crippen LogP contribution >= 0.6 is 28.3 Å². The Kier molecular flexibility index (Phi) is 6.55. The van der Waals surface area contributed by atoms with Gasteiger partial charge in [0, 0.05) is 6.54 Å². The lowest BCUT2D eigenvalue weighted by Crippen LogP contribution is -2.37. The van der Waals surface area contributed by atoms with Crippen LogP contribution in [-0.2, 0) is 11.3 Å². The van der Waals surface area contributed by atoms with E-state index in [-0.39, 0.29) is 30.7 Å². The Morgan fingerprint density at radius 1 is 1.62 bits per heavy atom. The zero-order chi connectivity index (χ0) is 11.4. The molecule has 0 aliphatic rings. The van der Waals surface area contributed by atoms with Gasteiger partial charge in [-0.3, -0.25) is 4.79 Å². The summed E-state index contributed by atoms with van der Waals surface area (Å²) in [6.07, 6.45) is 0. The first-order valence-electron chi connectivity index (χ1n) is 4.48. The minimum absolute atomic E-state index is 0. The molecule has 1 aromatic carbocycles. The third kappa shape index (κ3) is 4.47. The van der Waals surface area contributed by atoms with E-state index >= 15 is 0 Å². The summed E-state index contributed by atoms with van der Waals surface area (Å²) in [5, 5.41) is 2.60. The fourth-order valence-corrected chi connectivity index (χ4v) is 1.25. The molecule has 3 nitrogen and oxygen atoms in total. The number of benzene rings is 1. The highest BCUT2D eigenvalue weighted by Gasteiger charge is 2.07. The van der Waals surface area contributed by atoms with Gasteiger partial charge in [0.05, 0.1) is 10.5 Å².